The summed E-state index contributed by atoms with van der Waals surface area (Å²) in [6.07, 6.45) is -0.00667. The molecule has 0 aromatic carbocycles. The maximum atomic E-state index is 10.1. The van der Waals surface area contributed by atoms with Crippen LogP contribution in [0, 0.1) is 0 Å². The van der Waals surface area contributed by atoms with Crippen LogP contribution >= 0.6 is 0 Å². The Bertz CT molecular complexity index is 157. The van der Waals surface area contributed by atoms with Crippen molar-refractivity contribution in [2.45, 2.75) is 19.4 Å². The lowest BCUT2D eigenvalue weighted by Crippen LogP contribution is -2.90. The number of rotatable bonds is 5. The first-order chi connectivity index (χ1) is 5.02. The van der Waals surface area contributed by atoms with Crippen molar-refractivity contribution in [2.75, 3.05) is 6.54 Å². The Balaban J connectivity index is 3.44. The Labute approximate surface area is 64.0 Å². The van der Waals surface area contributed by atoms with E-state index >= 15 is 0 Å². The first-order valence-corrected chi connectivity index (χ1v) is 3.29. The minimum Gasteiger partial charge on any atom is -0.481 e. The number of hydrogen-bond donors (Lipinski definition) is 3. The van der Waals surface area contributed by atoms with Gasteiger partial charge in [0.15, 0.2) is 6.54 Å². The Morgan fingerprint density at radius 3 is 2.27 bits per heavy atom. The van der Waals surface area contributed by atoms with Gasteiger partial charge in [-0.2, -0.15) is 0 Å². The summed E-state index contributed by atoms with van der Waals surface area (Å²) >= 11 is 0. The van der Waals surface area contributed by atoms with E-state index in [0.29, 0.717) is 0 Å². The van der Waals surface area contributed by atoms with E-state index in [1.807, 2.05) is 0 Å². The van der Waals surface area contributed by atoms with Gasteiger partial charge in [-0.05, 0) is 6.92 Å². The molecule has 0 bridgehead atoms. The molecule has 0 radical (unpaired) electrons. The first-order valence-electron chi connectivity index (χ1n) is 3.29. The lowest BCUT2D eigenvalue weighted by molar-refractivity contribution is -0.676. The summed E-state index contributed by atoms with van der Waals surface area (Å²) in [6, 6.07) is -0.177. The first kappa shape index (κ1) is 9.90. The van der Waals surface area contributed by atoms with Crippen molar-refractivity contribution in [3.63, 3.8) is 0 Å². The fraction of sp³-hybridized carbons (Fsp3) is 0.667. The Kier molecular flexibility index (Phi) is 4.21. The highest BCUT2D eigenvalue weighted by molar-refractivity contribution is 5.68. The normalized spacial score (nSPS) is 12.5. The Morgan fingerprint density at radius 2 is 1.91 bits per heavy atom. The molecule has 0 heterocycles. The molecule has 0 saturated heterocycles. The maximum absolute atomic E-state index is 10.1. The molecule has 1 atom stereocenters. The zero-order chi connectivity index (χ0) is 8.85. The summed E-state index contributed by atoms with van der Waals surface area (Å²) in [5, 5.41) is 18.0. The van der Waals surface area contributed by atoms with E-state index in [1.165, 1.54) is 5.32 Å². The van der Waals surface area contributed by atoms with Crippen molar-refractivity contribution in [3.8, 4) is 0 Å². The SMILES string of the molecule is C[C@H](CC(=O)O)[NH2+]CC(=O)O. The van der Waals surface area contributed by atoms with Gasteiger partial charge in [0, 0.05) is 0 Å². The molecule has 5 nitrogen and oxygen atoms in total. The molecule has 4 N–H and O–H groups in total. The minimum absolute atomic E-state index is 0.00667. The van der Waals surface area contributed by atoms with Crippen LogP contribution in [0.5, 0.6) is 0 Å². The van der Waals surface area contributed by atoms with Gasteiger partial charge in [-0.25, -0.2) is 4.79 Å². The van der Waals surface area contributed by atoms with Gasteiger partial charge < -0.3 is 15.5 Å². The van der Waals surface area contributed by atoms with Gasteiger partial charge in [0.25, 0.3) is 0 Å². The van der Waals surface area contributed by atoms with Crippen LogP contribution in [0.2, 0.25) is 0 Å². The van der Waals surface area contributed by atoms with Gasteiger partial charge in [0.2, 0.25) is 0 Å². The van der Waals surface area contributed by atoms with E-state index in [2.05, 4.69) is 0 Å². The van der Waals surface area contributed by atoms with Crippen molar-refractivity contribution in [3.05, 3.63) is 0 Å². The van der Waals surface area contributed by atoms with Crippen LogP contribution in [0.3, 0.4) is 0 Å². The van der Waals surface area contributed by atoms with Gasteiger partial charge in [0.1, 0.15) is 0 Å². The lowest BCUT2D eigenvalue weighted by Gasteiger charge is -2.04. The van der Waals surface area contributed by atoms with E-state index in [4.69, 9.17) is 10.2 Å². The van der Waals surface area contributed by atoms with E-state index in [9.17, 15) is 9.59 Å². The summed E-state index contributed by atoms with van der Waals surface area (Å²) in [6.45, 7) is 1.60. The molecule has 0 amide bonds. The molecule has 0 spiro atoms. The Hall–Kier alpha value is -1.10. The van der Waals surface area contributed by atoms with Crippen molar-refractivity contribution in [1.29, 1.82) is 0 Å². The Morgan fingerprint density at radius 1 is 1.36 bits per heavy atom. The average molecular weight is 162 g/mol. The summed E-state index contributed by atoms with van der Waals surface area (Å²) < 4.78 is 0. The summed E-state index contributed by atoms with van der Waals surface area (Å²) in [5.74, 6) is -1.83. The van der Waals surface area contributed by atoms with Crippen LogP contribution in [0.15, 0.2) is 0 Å². The van der Waals surface area contributed by atoms with Gasteiger partial charge in [-0.3, -0.25) is 4.79 Å². The number of hydrogen-bond acceptors (Lipinski definition) is 2. The molecule has 0 unspecified atom stereocenters. The van der Waals surface area contributed by atoms with Crippen molar-refractivity contribution in [1.82, 2.24) is 0 Å². The molecule has 5 heteroatoms. The molecule has 0 aliphatic heterocycles. The van der Waals surface area contributed by atoms with E-state index < -0.39 is 11.9 Å². The van der Waals surface area contributed by atoms with E-state index in [-0.39, 0.29) is 19.0 Å². The third-order valence-corrected chi connectivity index (χ3v) is 1.19. The highest BCUT2D eigenvalue weighted by atomic mass is 16.4. The highest BCUT2D eigenvalue weighted by Crippen LogP contribution is 1.81. The third-order valence-electron chi connectivity index (χ3n) is 1.19. The van der Waals surface area contributed by atoms with Crippen molar-refractivity contribution in [2.24, 2.45) is 0 Å². The topological polar surface area (TPSA) is 91.2 Å². The molecule has 0 aliphatic rings. The van der Waals surface area contributed by atoms with Gasteiger partial charge in [-0.1, -0.05) is 0 Å². The monoisotopic (exact) mass is 162 g/mol. The molecular formula is C6H12NO4+. The molecule has 0 rings (SSSR count). The molecule has 0 aromatic heterocycles. The van der Waals surface area contributed by atoms with Crippen molar-refractivity contribution >= 4 is 11.9 Å². The number of aliphatic carboxylic acids is 2. The predicted molar refractivity (Wildman–Crippen MR) is 36.1 cm³/mol. The number of carboxylic acids is 2. The molecule has 64 valence electrons. The highest BCUT2D eigenvalue weighted by Gasteiger charge is 2.11. The summed E-state index contributed by atoms with van der Waals surface area (Å²) in [4.78, 5) is 20.1. The zero-order valence-corrected chi connectivity index (χ0v) is 6.28. The van der Waals surface area contributed by atoms with Gasteiger partial charge >= 0.3 is 11.9 Å². The minimum atomic E-state index is -0.928. The number of carbonyl (C=O) groups is 2. The second kappa shape index (κ2) is 4.68. The molecule has 0 aromatic rings. The molecular weight excluding hydrogens is 150 g/mol. The molecule has 0 fully saturated rings. The van der Waals surface area contributed by atoms with Crippen LogP contribution in [-0.2, 0) is 9.59 Å². The number of quaternary nitrogens is 1. The second-order valence-corrected chi connectivity index (χ2v) is 2.41. The lowest BCUT2D eigenvalue weighted by atomic mass is 10.2. The van der Waals surface area contributed by atoms with E-state index in [0.717, 1.165) is 0 Å². The average Bonchev–Trinajstić information content (AvgIpc) is 1.82. The van der Waals surface area contributed by atoms with Crippen LogP contribution in [0.25, 0.3) is 0 Å². The zero-order valence-electron chi connectivity index (χ0n) is 6.28. The predicted octanol–water partition coefficient (Wildman–Crippen LogP) is -1.50. The van der Waals surface area contributed by atoms with Gasteiger partial charge in [-0.15, -0.1) is 0 Å². The van der Waals surface area contributed by atoms with Crippen LogP contribution in [-0.4, -0.2) is 34.7 Å². The number of nitrogens with two attached hydrogens (primary N) is 1. The van der Waals surface area contributed by atoms with Gasteiger partial charge in [0.05, 0.1) is 12.5 Å². The number of carboxylic acid groups (broad SMARTS) is 2. The smallest absolute Gasteiger partial charge is 0.359 e. The summed E-state index contributed by atoms with van der Waals surface area (Å²) in [5.41, 5.74) is 0. The van der Waals surface area contributed by atoms with E-state index in [1.54, 1.807) is 6.92 Å². The maximum Gasteiger partial charge on any atom is 0.359 e. The van der Waals surface area contributed by atoms with Crippen molar-refractivity contribution < 1.29 is 25.1 Å². The standard InChI is InChI=1S/C6H11NO4/c1-4(2-5(8)9)7-3-6(10)11/h4,7H,2-3H2,1H3,(H,8,9)(H,10,11)/p+1/t4-/m1/s1. The molecule has 0 saturated carbocycles. The molecule has 11 heavy (non-hydrogen) atoms. The van der Waals surface area contributed by atoms with Crippen LogP contribution in [0.4, 0.5) is 0 Å². The van der Waals surface area contributed by atoms with Crippen LogP contribution < -0.4 is 5.32 Å². The molecule has 0 aliphatic carbocycles. The fourth-order valence-corrected chi connectivity index (χ4v) is 0.661. The third kappa shape index (κ3) is 6.79. The largest absolute Gasteiger partial charge is 0.481 e. The quantitative estimate of drug-likeness (QED) is 0.458. The fourth-order valence-electron chi connectivity index (χ4n) is 0.661. The van der Waals surface area contributed by atoms with Crippen LogP contribution in [0.1, 0.15) is 13.3 Å². The second-order valence-electron chi connectivity index (χ2n) is 2.41. The summed E-state index contributed by atoms with van der Waals surface area (Å²) in [7, 11) is 0.